The first-order valence-electron chi connectivity index (χ1n) is 3.99. The van der Waals surface area contributed by atoms with Gasteiger partial charge < -0.3 is 15.9 Å². The minimum atomic E-state index is -0.665. The molecule has 1 unspecified atom stereocenters. The zero-order chi connectivity index (χ0) is 9.84. The summed E-state index contributed by atoms with van der Waals surface area (Å²) in [6.07, 6.45) is -0.341. The van der Waals surface area contributed by atoms with Crippen LogP contribution in [0.15, 0.2) is 18.2 Å². The third-order valence-electron chi connectivity index (χ3n) is 1.81. The molecule has 0 bridgehead atoms. The molecule has 0 saturated heterocycles. The molecule has 0 spiro atoms. The fourth-order valence-electron chi connectivity index (χ4n) is 1.13. The zero-order valence-electron chi connectivity index (χ0n) is 7.07. The van der Waals surface area contributed by atoms with Gasteiger partial charge in [0.1, 0.15) is 0 Å². The number of aliphatic hydroxyl groups is 2. The molecule has 4 heteroatoms. The second kappa shape index (κ2) is 4.78. The molecule has 1 aromatic rings. The van der Waals surface area contributed by atoms with Gasteiger partial charge in [-0.15, -0.1) is 0 Å². The Labute approximate surface area is 90.7 Å². The van der Waals surface area contributed by atoms with E-state index in [1.165, 1.54) is 0 Å². The highest BCUT2D eigenvalue weighted by atomic mass is 127. The lowest BCUT2D eigenvalue weighted by Gasteiger charge is -2.11. The second-order valence-corrected chi connectivity index (χ2v) is 4.05. The molecule has 1 atom stereocenters. The van der Waals surface area contributed by atoms with Crippen LogP contribution in [-0.2, 0) is 0 Å². The fourth-order valence-corrected chi connectivity index (χ4v) is 1.64. The Balaban J connectivity index is 2.88. The molecular weight excluding hydrogens is 281 g/mol. The van der Waals surface area contributed by atoms with E-state index in [1.807, 2.05) is 6.07 Å². The quantitative estimate of drug-likeness (QED) is 0.581. The molecule has 0 aliphatic rings. The van der Waals surface area contributed by atoms with Gasteiger partial charge in [-0.05, 0) is 34.7 Å². The molecule has 0 amide bonds. The van der Waals surface area contributed by atoms with Gasteiger partial charge in [0.2, 0.25) is 0 Å². The van der Waals surface area contributed by atoms with Crippen LogP contribution in [0.25, 0.3) is 0 Å². The Morgan fingerprint density at radius 3 is 2.69 bits per heavy atom. The van der Waals surface area contributed by atoms with E-state index in [9.17, 15) is 5.11 Å². The molecule has 0 aliphatic carbocycles. The van der Waals surface area contributed by atoms with E-state index < -0.39 is 6.10 Å². The van der Waals surface area contributed by atoms with Gasteiger partial charge in [0.05, 0.1) is 6.10 Å². The summed E-state index contributed by atoms with van der Waals surface area (Å²) in [7, 11) is 0. The van der Waals surface area contributed by atoms with Crippen LogP contribution >= 0.6 is 22.6 Å². The van der Waals surface area contributed by atoms with E-state index >= 15 is 0 Å². The van der Waals surface area contributed by atoms with Crippen molar-refractivity contribution < 1.29 is 10.2 Å². The Hall–Kier alpha value is -0.330. The van der Waals surface area contributed by atoms with E-state index in [0.717, 1.165) is 3.57 Å². The lowest BCUT2D eigenvalue weighted by molar-refractivity contribution is 0.135. The van der Waals surface area contributed by atoms with Crippen molar-refractivity contribution in [3.05, 3.63) is 27.3 Å². The van der Waals surface area contributed by atoms with Crippen molar-refractivity contribution in [1.29, 1.82) is 0 Å². The largest absolute Gasteiger partial charge is 0.398 e. The first-order chi connectivity index (χ1) is 6.15. The highest BCUT2D eigenvalue weighted by molar-refractivity contribution is 14.1. The van der Waals surface area contributed by atoms with Crippen LogP contribution in [-0.4, -0.2) is 16.8 Å². The standard InChI is InChI=1S/C9H12INO2/c10-6-1-2-7(8(11)5-6)9(13)3-4-12/h1-2,5,9,12-13H,3-4,11H2. The van der Waals surface area contributed by atoms with Gasteiger partial charge in [0.25, 0.3) is 0 Å². The van der Waals surface area contributed by atoms with Gasteiger partial charge >= 0.3 is 0 Å². The molecule has 13 heavy (non-hydrogen) atoms. The van der Waals surface area contributed by atoms with Gasteiger partial charge in [-0.1, -0.05) is 6.07 Å². The van der Waals surface area contributed by atoms with Crippen LogP contribution in [0.2, 0.25) is 0 Å². The zero-order valence-corrected chi connectivity index (χ0v) is 9.23. The summed E-state index contributed by atoms with van der Waals surface area (Å²) < 4.78 is 1.04. The maximum absolute atomic E-state index is 9.55. The van der Waals surface area contributed by atoms with E-state index in [2.05, 4.69) is 22.6 Å². The van der Waals surface area contributed by atoms with Crippen LogP contribution in [0, 0.1) is 3.57 Å². The lowest BCUT2D eigenvalue weighted by Crippen LogP contribution is -2.04. The van der Waals surface area contributed by atoms with Crippen molar-refractivity contribution in [2.75, 3.05) is 12.3 Å². The first-order valence-corrected chi connectivity index (χ1v) is 5.07. The summed E-state index contributed by atoms with van der Waals surface area (Å²) in [6.45, 7) is -0.0351. The van der Waals surface area contributed by atoms with E-state index in [1.54, 1.807) is 12.1 Å². The molecule has 0 aliphatic heterocycles. The predicted octanol–water partition coefficient (Wildman–Crippen LogP) is 1.29. The summed E-state index contributed by atoms with van der Waals surface area (Å²) in [5.74, 6) is 0. The van der Waals surface area contributed by atoms with Gasteiger partial charge in [0, 0.05) is 27.8 Å². The normalized spacial score (nSPS) is 12.8. The summed E-state index contributed by atoms with van der Waals surface area (Å²) >= 11 is 2.16. The van der Waals surface area contributed by atoms with Crippen molar-refractivity contribution in [2.24, 2.45) is 0 Å². The molecule has 0 saturated carbocycles. The Kier molecular flexibility index (Phi) is 3.95. The number of hydrogen-bond donors (Lipinski definition) is 3. The van der Waals surface area contributed by atoms with Crippen molar-refractivity contribution >= 4 is 28.3 Å². The number of aliphatic hydroxyl groups excluding tert-OH is 2. The monoisotopic (exact) mass is 293 g/mol. The molecule has 1 rings (SSSR count). The SMILES string of the molecule is Nc1cc(I)ccc1C(O)CCO. The molecule has 0 aromatic heterocycles. The molecule has 4 N–H and O–H groups in total. The summed E-state index contributed by atoms with van der Waals surface area (Å²) in [5.41, 5.74) is 6.97. The number of hydrogen-bond acceptors (Lipinski definition) is 3. The Morgan fingerprint density at radius 2 is 2.15 bits per heavy atom. The summed E-state index contributed by atoms with van der Waals surface area (Å²) in [4.78, 5) is 0. The Bertz CT molecular complexity index is 291. The van der Waals surface area contributed by atoms with Crippen LogP contribution in [0.5, 0.6) is 0 Å². The van der Waals surface area contributed by atoms with Gasteiger partial charge in [-0.3, -0.25) is 0 Å². The maximum Gasteiger partial charge on any atom is 0.0831 e. The van der Waals surface area contributed by atoms with Gasteiger partial charge in [0.15, 0.2) is 0 Å². The third-order valence-corrected chi connectivity index (χ3v) is 2.48. The molecule has 0 fully saturated rings. The van der Waals surface area contributed by atoms with E-state index in [-0.39, 0.29) is 6.61 Å². The maximum atomic E-state index is 9.55. The van der Waals surface area contributed by atoms with Crippen molar-refractivity contribution in [2.45, 2.75) is 12.5 Å². The predicted molar refractivity (Wildman–Crippen MR) is 60.2 cm³/mol. The number of halogens is 1. The number of nitrogen functional groups attached to an aromatic ring is 1. The van der Waals surface area contributed by atoms with Gasteiger partial charge in [-0.25, -0.2) is 0 Å². The average Bonchev–Trinajstić information content (AvgIpc) is 2.04. The second-order valence-electron chi connectivity index (χ2n) is 2.80. The van der Waals surface area contributed by atoms with Crippen molar-refractivity contribution in [3.8, 4) is 0 Å². The van der Waals surface area contributed by atoms with E-state index in [4.69, 9.17) is 10.8 Å². The average molecular weight is 293 g/mol. The minimum Gasteiger partial charge on any atom is -0.398 e. The number of benzene rings is 1. The van der Waals surface area contributed by atoms with Crippen LogP contribution in [0.3, 0.4) is 0 Å². The number of rotatable bonds is 3. The van der Waals surface area contributed by atoms with Crippen LogP contribution < -0.4 is 5.73 Å². The third kappa shape index (κ3) is 2.82. The summed E-state index contributed by atoms with van der Waals surface area (Å²) in [5, 5.41) is 18.2. The number of anilines is 1. The highest BCUT2D eigenvalue weighted by Gasteiger charge is 2.09. The topological polar surface area (TPSA) is 66.5 Å². The number of nitrogens with two attached hydrogens (primary N) is 1. The molecule has 0 radical (unpaired) electrons. The van der Waals surface area contributed by atoms with Crippen molar-refractivity contribution in [3.63, 3.8) is 0 Å². The smallest absolute Gasteiger partial charge is 0.0831 e. The molecule has 72 valence electrons. The van der Waals surface area contributed by atoms with Crippen LogP contribution in [0.4, 0.5) is 5.69 Å². The minimum absolute atomic E-state index is 0.0351. The first kappa shape index (κ1) is 10.7. The summed E-state index contributed by atoms with van der Waals surface area (Å²) in [6, 6.07) is 5.47. The fraction of sp³-hybridized carbons (Fsp3) is 0.333. The molecule has 1 aromatic carbocycles. The lowest BCUT2D eigenvalue weighted by atomic mass is 10.1. The molecule has 0 heterocycles. The molecular formula is C9H12INO2. The molecule has 3 nitrogen and oxygen atoms in total. The Morgan fingerprint density at radius 1 is 1.46 bits per heavy atom. The van der Waals surface area contributed by atoms with Crippen molar-refractivity contribution in [1.82, 2.24) is 0 Å². The van der Waals surface area contributed by atoms with E-state index in [0.29, 0.717) is 17.7 Å². The van der Waals surface area contributed by atoms with Gasteiger partial charge in [-0.2, -0.15) is 0 Å². The highest BCUT2D eigenvalue weighted by Crippen LogP contribution is 2.24. The van der Waals surface area contributed by atoms with Crippen LogP contribution in [0.1, 0.15) is 18.1 Å².